The van der Waals surface area contributed by atoms with Crippen LogP contribution in [0.1, 0.15) is 51.2 Å². The Kier molecular flexibility index (Phi) is 3.78. The van der Waals surface area contributed by atoms with Gasteiger partial charge in [-0.1, -0.05) is 30.3 Å². The van der Waals surface area contributed by atoms with Gasteiger partial charge in [-0.2, -0.15) is 0 Å². The number of hydrogen-bond acceptors (Lipinski definition) is 1. The molecule has 0 saturated heterocycles. The van der Waals surface area contributed by atoms with Gasteiger partial charge < -0.3 is 9.73 Å². The zero-order valence-electron chi connectivity index (χ0n) is 15.3. The van der Waals surface area contributed by atoms with E-state index in [0.717, 1.165) is 35.8 Å². The summed E-state index contributed by atoms with van der Waals surface area (Å²) in [6.07, 6.45) is 9.07. The smallest absolute Gasteiger partial charge is 0.158 e. The van der Waals surface area contributed by atoms with Crippen molar-refractivity contribution in [2.45, 2.75) is 58.0 Å². The van der Waals surface area contributed by atoms with Gasteiger partial charge in [0.1, 0.15) is 12.3 Å². The van der Waals surface area contributed by atoms with Gasteiger partial charge in [0.25, 0.3) is 0 Å². The molecule has 2 heteroatoms. The van der Waals surface area contributed by atoms with Crippen LogP contribution < -0.4 is 5.32 Å². The van der Waals surface area contributed by atoms with E-state index in [1.165, 1.54) is 44.1 Å². The molecule has 0 unspecified atom stereocenters. The lowest BCUT2D eigenvalue weighted by Gasteiger charge is -2.57. The standard InChI is InChI=1S/C23H29NO/c1-16(23-12-17-9-18(13-23)11-19(10-17)14-23)24-15-21-7-8-22(25-21)20-5-3-2-4-6-20/h2-8,16-19,24H,9-15H2,1H3/p+1/t16-,17?,18?,19?,23?/m1/s1. The Morgan fingerprint density at radius 2 is 1.60 bits per heavy atom. The molecule has 4 aliphatic carbocycles. The Morgan fingerprint density at radius 3 is 2.24 bits per heavy atom. The quantitative estimate of drug-likeness (QED) is 0.848. The Labute approximate surface area is 151 Å². The van der Waals surface area contributed by atoms with Gasteiger partial charge in [0.15, 0.2) is 5.76 Å². The Balaban J connectivity index is 1.25. The van der Waals surface area contributed by atoms with Crippen LogP contribution in [-0.2, 0) is 6.54 Å². The first-order chi connectivity index (χ1) is 12.2. The van der Waals surface area contributed by atoms with Gasteiger partial charge in [0.05, 0.1) is 6.04 Å². The molecular weight excluding hydrogens is 306 g/mol. The molecule has 1 atom stereocenters. The maximum Gasteiger partial charge on any atom is 0.158 e. The first kappa shape index (κ1) is 15.7. The van der Waals surface area contributed by atoms with Crippen LogP contribution in [0, 0.1) is 23.2 Å². The van der Waals surface area contributed by atoms with Gasteiger partial charge in [-0.05, 0) is 75.3 Å². The average Bonchev–Trinajstić information content (AvgIpc) is 3.08. The largest absolute Gasteiger partial charge is 0.455 e. The molecule has 6 rings (SSSR count). The first-order valence-electron chi connectivity index (χ1n) is 10.2. The topological polar surface area (TPSA) is 29.8 Å². The van der Waals surface area contributed by atoms with E-state index in [1.54, 1.807) is 0 Å². The Hall–Kier alpha value is -1.54. The molecule has 132 valence electrons. The maximum atomic E-state index is 6.11. The van der Waals surface area contributed by atoms with Crippen molar-refractivity contribution in [1.29, 1.82) is 0 Å². The summed E-state index contributed by atoms with van der Waals surface area (Å²) < 4.78 is 6.11. The minimum absolute atomic E-state index is 0.615. The van der Waals surface area contributed by atoms with Crippen molar-refractivity contribution in [1.82, 2.24) is 0 Å². The molecule has 4 bridgehead atoms. The second-order valence-corrected chi connectivity index (χ2v) is 9.14. The van der Waals surface area contributed by atoms with Crippen molar-refractivity contribution in [3.63, 3.8) is 0 Å². The summed E-state index contributed by atoms with van der Waals surface area (Å²) in [6.45, 7) is 3.45. The monoisotopic (exact) mass is 336 g/mol. The summed E-state index contributed by atoms with van der Waals surface area (Å²) >= 11 is 0. The van der Waals surface area contributed by atoms with Crippen LogP contribution in [0.15, 0.2) is 46.9 Å². The summed E-state index contributed by atoms with van der Waals surface area (Å²) in [5, 5.41) is 2.56. The van der Waals surface area contributed by atoms with Gasteiger partial charge in [0.2, 0.25) is 0 Å². The molecule has 0 radical (unpaired) electrons. The van der Waals surface area contributed by atoms with Gasteiger partial charge in [0, 0.05) is 11.0 Å². The zero-order chi connectivity index (χ0) is 16.9. The van der Waals surface area contributed by atoms with Crippen LogP contribution in [-0.4, -0.2) is 6.04 Å². The predicted octanol–water partition coefficient (Wildman–Crippen LogP) is 4.61. The lowest BCUT2D eigenvalue weighted by atomic mass is 9.48. The molecule has 2 N–H and O–H groups in total. The molecule has 4 saturated carbocycles. The van der Waals surface area contributed by atoms with E-state index in [1.807, 2.05) is 6.07 Å². The Bertz CT molecular complexity index is 696. The second-order valence-electron chi connectivity index (χ2n) is 9.14. The van der Waals surface area contributed by atoms with E-state index in [9.17, 15) is 0 Å². The normalized spacial score (nSPS) is 34.4. The number of furan rings is 1. The number of nitrogens with two attached hydrogens (primary N) is 1. The predicted molar refractivity (Wildman–Crippen MR) is 99.8 cm³/mol. The fourth-order valence-electron chi connectivity index (χ4n) is 6.52. The van der Waals surface area contributed by atoms with Crippen LogP contribution >= 0.6 is 0 Å². The van der Waals surface area contributed by atoms with E-state index in [2.05, 4.69) is 48.6 Å². The molecule has 0 aliphatic heterocycles. The number of hydrogen-bond donors (Lipinski definition) is 1. The third-order valence-corrected chi connectivity index (χ3v) is 7.44. The number of benzene rings is 1. The summed E-state index contributed by atoms with van der Waals surface area (Å²) in [4.78, 5) is 0. The summed E-state index contributed by atoms with van der Waals surface area (Å²) in [5.74, 6) is 5.21. The van der Waals surface area contributed by atoms with Crippen molar-refractivity contribution in [2.24, 2.45) is 23.2 Å². The summed E-state index contributed by atoms with van der Waals surface area (Å²) in [7, 11) is 0. The molecule has 1 aromatic carbocycles. The van der Waals surface area contributed by atoms with Crippen LogP contribution in [0.25, 0.3) is 11.3 Å². The maximum absolute atomic E-state index is 6.11. The molecule has 1 aromatic heterocycles. The molecule has 1 heterocycles. The Morgan fingerprint density at radius 1 is 0.960 bits per heavy atom. The van der Waals surface area contributed by atoms with E-state index in [4.69, 9.17) is 4.42 Å². The molecule has 0 amide bonds. The highest BCUT2D eigenvalue weighted by Gasteiger charge is 2.54. The molecule has 4 fully saturated rings. The van der Waals surface area contributed by atoms with Crippen LogP contribution in [0.2, 0.25) is 0 Å². The van der Waals surface area contributed by atoms with E-state index in [-0.39, 0.29) is 0 Å². The van der Waals surface area contributed by atoms with Gasteiger partial charge in [-0.25, -0.2) is 0 Å². The van der Waals surface area contributed by atoms with Crippen molar-refractivity contribution >= 4 is 0 Å². The molecule has 0 spiro atoms. The number of rotatable bonds is 5. The molecule has 2 aromatic rings. The van der Waals surface area contributed by atoms with Crippen LogP contribution in [0.3, 0.4) is 0 Å². The minimum Gasteiger partial charge on any atom is -0.455 e. The zero-order valence-corrected chi connectivity index (χ0v) is 15.3. The van der Waals surface area contributed by atoms with Crippen molar-refractivity contribution in [3.05, 3.63) is 48.2 Å². The van der Waals surface area contributed by atoms with Gasteiger partial charge in [-0.15, -0.1) is 0 Å². The van der Waals surface area contributed by atoms with Crippen LogP contribution in [0.5, 0.6) is 0 Å². The SMILES string of the molecule is C[C@@H]([NH2+]Cc1ccc(-c2ccccc2)o1)C12CC3CC(CC(C3)C1)C2. The summed E-state index contributed by atoms with van der Waals surface area (Å²) in [5.41, 5.74) is 1.78. The van der Waals surface area contributed by atoms with Crippen LogP contribution in [0.4, 0.5) is 0 Å². The van der Waals surface area contributed by atoms with Gasteiger partial charge >= 0.3 is 0 Å². The average molecular weight is 336 g/mol. The van der Waals surface area contributed by atoms with E-state index >= 15 is 0 Å². The first-order valence-corrected chi connectivity index (χ1v) is 10.2. The highest BCUT2D eigenvalue weighted by Crippen LogP contribution is 2.60. The second kappa shape index (κ2) is 6.02. The fraction of sp³-hybridized carbons (Fsp3) is 0.565. The van der Waals surface area contributed by atoms with E-state index in [0.29, 0.717) is 11.5 Å². The third-order valence-electron chi connectivity index (χ3n) is 7.44. The summed E-state index contributed by atoms with van der Waals surface area (Å²) in [6, 6.07) is 15.4. The molecular formula is C23H30NO+. The van der Waals surface area contributed by atoms with Crippen molar-refractivity contribution in [2.75, 3.05) is 0 Å². The van der Waals surface area contributed by atoms with Gasteiger partial charge in [-0.3, -0.25) is 0 Å². The minimum atomic E-state index is 0.615. The van der Waals surface area contributed by atoms with Crippen molar-refractivity contribution in [3.8, 4) is 11.3 Å². The third kappa shape index (κ3) is 2.85. The fourth-order valence-corrected chi connectivity index (χ4v) is 6.52. The highest BCUT2D eigenvalue weighted by atomic mass is 16.3. The van der Waals surface area contributed by atoms with Crippen molar-refractivity contribution < 1.29 is 9.73 Å². The van der Waals surface area contributed by atoms with E-state index < -0.39 is 0 Å². The lowest BCUT2D eigenvalue weighted by Crippen LogP contribution is -2.91. The molecule has 2 nitrogen and oxygen atoms in total. The molecule has 25 heavy (non-hydrogen) atoms. The molecule has 4 aliphatic rings. The number of quaternary nitrogens is 1. The highest BCUT2D eigenvalue weighted by molar-refractivity contribution is 5.57. The lowest BCUT2D eigenvalue weighted by molar-refractivity contribution is -0.718.